The predicted octanol–water partition coefficient (Wildman–Crippen LogP) is 4.90. The Balaban J connectivity index is 1.50. The number of thiazole rings is 1. The van der Waals surface area contributed by atoms with Crippen LogP contribution in [0.1, 0.15) is 32.1 Å². The summed E-state index contributed by atoms with van der Waals surface area (Å²) in [5.74, 6) is 0.402. The monoisotopic (exact) mass is 452 g/mol. The number of aromatic nitrogens is 3. The highest BCUT2D eigenvalue weighted by Gasteiger charge is 2.23. The molecule has 0 radical (unpaired) electrons. The summed E-state index contributed by atoms with van der Waals surface area (Å²) in [6.07, 6.45) is 7.95. The van der Waals surface area contributed by atoms with Crippen LogP contribution in [-0.4, -0.2) is 59.1 Å². The minimum Gasteiger partial charge on any atom is -0.351 e. The molecule has 168 valence electrons. The van der Waals surface area contributed by atoms with Gasteiger partial charge in [0.2, 0.25) is 5.95 Å². The van der Waals surface area contributed by atoms with Crippen LogP contribution < -0.4 is 10.2 Å². The Bertz CT molecular complexity index is 1060. The van der Waals surface area contributed by atoms with Crippen molar-refractivity contribution in [1.82, 2.24) is 19.9 Å². The van der Waals surface area contributed by atoms with E-state index in [0.29, 0.717) is 12.0 Å². The lowest BCUT2D eigenvalue weighted by Gasteiger charge is -2.32. The van der Waals surface area contributed by atoms with Crippen LogP contribution in [0.3, 0.4) is 0 Å². The predicted molar refractivity (Wildman–Crippen MR) is 129 cm³/mol. The summed E-state index contributed by atoms with van der Waals surface area (Å²) in [5.41, 5.74) is 2.39. The molecule has 2 aromatic heterocycles. The van der Waals surface area contributed by atoms with Gasteiger partial charge in [-0.3, -0.25) is 0 Å². The average Bonchev–Trinajstić information content (AvgIpc) is 3.26. The fourth-order valence-corrected chi connectivity index (χ4v) is 5.54. The molecule has 6 nitrogen and oxygen atoms in total. The third-order valence-electron chi connectivity index (χ3n) is 6.31. The fraction of sp³-hybridized carbons (Fsp3) is 0.458. The maximum Gasteiger partial charge on any atom is 0.223 e. The van der Waals surface area contributed by atoms with Crippen LogP contribution in [0.15, 0.2) is 36.5 Å². The lowest BCUT2D eigenvalue weighted by Crippen LogP contribution is -2.44. The highest BCUT2D eigenvalue weighted by molar-refractivity contribution is 7.19. The van der Waals surface area contributed by atoms with Gasteiger partial charge in [-0.05, 0) is 38.1 Å². The van der Waals surface area contributed by atoms with Gasteiger partial charge in [-0.1, -0.05) is 42.7 Å². The molecule has 2 aliphatic rings. The second kappa shape index (κ2) is 9.50. The van der Waals surface area contributed by atoms with E-state index in [-0.39, 0.29) is 5.82 Å². The topological polar surface area (TPSA) is 57.2 Å². The first-order chi connectivity index (χ1) is 15.7. The number of anilines is 2. The number of halogens is 1. The van der Waals surface area contributed by atoms with E-state index in [1.807, 2.05) is 12.1 Å². The van der Waals surface area contributed by atoms with Crippen molar-refractivity contribution >= 4 is 22.4 Å². The first-order valence-electron chi connectivity index (χ1n) is 11.5. The fourth-order valence-electron chi connectivity index (χ4n) is 4.43. The molecule has 3 aromatic rings. The number of likely N-dealkylation sites (N-methyl/N-ethyl adjacent to an activating group) is 1. The molecule has 1 saturated heterocycles. The molecule has 0 spiro atoms. The summed E-state index contributed by atoms with van der Waals surface area (Å²) in [7, 11) is 2.14. The first kappa shape index (κ1) is 21.3. The molecule has 1 aliphatic heterocycles. The quantitative estimate of drug-likeness (QED) is 0.594. The number of piperazine rings is 1. The zero-order valence-electron chi connectivity index (χ0n) is 18.4. The van der Waals surface area contributed by atoms with E-state index in [2.05, 4.69) is 27.1 Å². The molecular weight excluding hydrogens is 423 g/mol. The van der Waals surface area contributed by atoms with Crippen LogP contribution in [0, 0.1) is 5.82 Å². The highest BCUT2D eigenvalue weighted by Crippen LogP contribution is 2.40. The average molecular weight is 453 g/mol. The van der Waals surface area contributed by atoms with Crippen LogP contribution in [0.5, 0.6) is 0 Å². The van der Waals surface area contributed by atoms with Crippen LogP contribution in [0.2, 0.25) is 0 Å². The van der Waals surface area contributed by atoms with E-state index in [0.717, 1.165) is 66.0 Å². The maximum absolute atomic E-state index is 14.0. The number of benzene rings is 1. The normalized spacial score (nSPS) is 18.1. The van der Waals surface area contributed by atoms with E-state index in [4.69, 9.17) is 9.97 Å². The molecule has 32 heavy (non-hydrogen) atoms. The lowest BCUT2D eigenvalue weighted by molar-refractivity contribution is 0.313. The zero-order chi connectivity index (χ0) is 21.9. The summed E-state index contributed by atoms with van der Waals surface area (Å²) in [6.45, 7) is 3.88. The molecule has 2 fully saturated rings. The smallest absolute Gasteiger partial charge is 0.223 e. The minimum atomic E-state index is -0.259. The number of nitrogens with zero attached hydrogens (tertiary/aromatic N) is 5. The molecule has 0 bridgehead atoms. The molecular formula is C24H29FN6S. The molecule has 1 saturated carbocycles. The Labute approximate surface area is 192 Å². The van der Waals surface area contributed by atoms with Gasteiger partial charge in [-0.25, -0.2) is 19.3 Å². The van der Waals surface area contributed by atoms with Crippen LogP contribution in [0.25, 0.3) is 21.8 Å². The van der Waals surface area contributed by atoms with Gasteiger partial charge in [0.15, 0.2) is 5.13 Å². The van der Waals surface area contributed by atoms with E-state index in [1.54, 1.807) is 29.7 Å². The van der Waals surface area contributed by atoms with Crippen molar-refractivity contribution in [2.45, 2.75) is 38.1 Å². The molecule has 0 atom stereocenters. The molecule has 3 heterocycles. The molecule has 0 unspecified atom stereocenters. The van der Waals surface area contributed by atoms with Gasteiger partial charge in [-0.15, -0.1) is 0 Å². The SMILES string of the molecule is CN1CCN(c2nc(-c3cccc(F)c3)c(-c3ccnc(NC4CCCCC4)n3)s2)CC1. The Morgan fingerprint density at radius 1 is 1.03 bits per heavy atom. The van der Waals surface area contributed by atoms with Gasteiger partial charge in [-0.2, -0.15) is 0 Å². The lowest BCUT2D eigenvalue weighted by atomic mass is 9.96. The summed E-state index contributed by atoms with van der Waals surface area (Å²) in [4.78, 5) is 19.9. The van der Waals surface area contributed by atoms with Gasteiger partial charge < -0.3 is 15.1 Å². The van der Waals surface area contributed by atoms with Crippen LogP contribution in [0.4, 0.5) is 15.5 Å². The van der Waals surface area contributed by atoms with Crippen LogP contribution >= 0.6 is 11.3 Å². The molecule has 0 amide bonds. The van der Waals surface area contributed by atoms with Crippen LogP contribution in [-0.2, 0) is 0 Å². The van der Waals surface area contributed by atoms with E-state index < -0.39 is 0 Å². The van der Waals surface area contributed by atoms with E-state index >= 15 is 0 Å². The van der Waals surface area contributed by atoms with Gasteiger partial charge in [0.05, 0.1) is 16.3 Å². The van der Waals surface area contributed by atoms with E-state index in [1.165, 1.54) is 25.3 Å². The van der Waals surface area contributed by atoms with Crippen molar-refractivity contribution in [2.75, 3.05) is 43.4 Å². The van der Waals surface area contributed by atoms with Crippen molar-refractivity contribution in [1.29, 1.82) is 0 Å². The van der Waals surface area contributed by atoms with Crippen molar-refractivity contribution < 1.29 is 4.39 Å². The van der Waals surface area contributed by atoms with Gasteiger partial charge in [0.25, 0.3) is 0 Å². The first-order valence-corrected chi connectivity index (χ1v) is 12.3. The maximum atomic E-state index is 14.0. The van der Waals surface area contributed by atoms with Gasteiger partial charge >= 0.3 is 0 Å². The third kappa shape index (κ3) is 4.76. The van der Waals surface area contributed by atoms with E-state index in [9.17, 15) is 4.39 Å². The largest absolute Gasteiger partial charge is 0.351 e. The van der Waals surface area contributed by atoms with Gasteiger partial charge in [0, 0.05) is 44.0 Å². The Hall–Kier alpha value is -2.58. The minimum absolute atomic E-state index is 0.259. The number of rotatable bonds is 5. The molecule has 1 aromatic carbocycles. The molecule has 8 heteroatoms. The summed E-state index contributed by atoms with van der Waals surface area (Å²) in [6, 6.07) is 9.03. The van der Waals surface area contributed by atoms with Crippen molar-refractivity contribution in [3.8, 4) is 21.8 Å². The van der Waals surface area contributed by atoms with Gasteiger partial charge in [0.1, 0.15) is 5.82 Å². The number of nitrogens with one attached hydrogen (secondary N) is 1. The molecule has 1 aliphatic carbocycles. The zero-order valence-corrected chi connectivity index (χ0v) is 19.2. The summed E-state index contributed by atoms with van der Waals surface area (Å²) in [5, 5.41) is 4.49. The third-order valence-corrected chi connectivity index (χ3v) is 7.45. The van der Waals surface area contributed by atoms with Crippen molar-refractivity contribution in [3.63, 3.8) is 0 Å². The summed E-state index contributed by atoms with van der Waals surface area (Å²) < 4.78 is 14.0. The van der Waals surface area contributed by atoms with Crippen molar-refractivity contribution in [2.24, 2.45) is 0 Å². The number of hydrogen-bond acceptors (Lipinski definition) is 7. The summed E-state index contributed by atoms with van der Waals surface area (Å²) >= 11 is 1.63. The van der Waals surface area contributed by atoms with Crippen molar-refractivity contribution in [3.05, 3.63) is 42.3 Å². The second-order valence-electron chi connectivity index (χ2n) is 8.72. The molecule has 1 N–H and O–H groups in total. The molecule has 5 rings (SSSR count). The highest BCUT2D eigenvalue weighted by atomic mass is 32.1. The Morgan fingerprint density at radius 2 is 1.84 bits per heavy atom. The Morgan fingerprint density at radius 3 is 2.62 bits per heavy atom. The standard InChI is InChI=1S/C24H29FN6S/c1-30-12-14-31(15-13-30)24-29-21(17-6-5-7-18(25)16-17)22(32-24)20-10-11-26-23(28-20)27-19-8-3-2-4-9-19/h5-7,10-11,16,19H,2-4,8-9,12-15H2,1H3,(H,26,27,28). The Kier molecular flexibility index (Phi) is 6.32. The second-order valence-corrected chi connectivity index (χ2v) is 9.70. The number of hydrogen-bond donors (Lipinski definition) is 1.